The normalized spacial score (nSPS) is 15.1. The van der Waals surface area contributed by atoms with E-state index < -0.39 is 0 Å². The summed E-state index contributed by atoms with van der Waals surface area (Å²) in [6.45, 7) is 0. The number of fused-ring (bicyclic) bond motifs is 2. The maximum Gasteiger partial charge on any atom is 0.0468 e. The van der Waals surface area contributed by atoms with Crippen molar-refractivity contribution in [2.75, 3.05) is 4.90 Å². The van der Waals surface area contributed by atoms with Gasteiger partial charge in [-0.1, -0.05) is 129 Å². The minimum atomic E-state index is 0.0903. The van der Waals surface area contributed by atoms with Crippen molar-refractivity contribution in [1.82, 2.24) is 0 Å². The van der Waals surface area contributed by atoms with Crippen LogP contribution in [0.5, 0.6) is 0 Å². The van der Waals surface area contributed by atoms with E-state index in [2.05, 4.69) is 144 Å². The van der Waals surface area contributed by atoms with Crippen LogP contribution >= 0.6 is 0 Å². The van der Waals surface area contributed by atoms with Crippen LogP contribution in [0.25, 0.3) is 21.5 Å². The van der Waals surface area contributed by atoms with Crippen molar-refractivity contribution >= 4 is 38.6 Å². The lowest BCUT2D eigenvalue weighted by Gasteiger charge is -2.35. The highest BCUT2D eigenvalue weighted by Crippen LogP contribution is 2.45. The van der Waals surface area contributed by atoms with Crippen molar-refractivity contribution in [1.29, 1.82) is 0 Å². The van der Waals surface area contributed by atoms with Gasteiger partial charge in [-0.25, -0.2) is 0 Å². The Morgan fingerprint density at radius 1 is 0.375 bits per heavy atom. The number of rotatable bonds is 5. The van der Waals surface area contributed by atoms with E-state index in [-0.39, 0.29) is 5.41 Å². The summed E-state index contributed by atoms with van der Waals surface area (Å²) in [5, 5.41) is 5.03. The molecule has 1 heteroatoms. The molecule has 0 aliphatic heterocycles. The highest BCUT2D eigenvalue weighted by Gasteiger charge is 2.34. The SMILES string of the molecule is c1ccc(C2(c3ccc(N(c4ccc5ccccc5c4)c4ccc5ccccc5c4)cc3)CCCCCC2)cc1. The molecule has 6 aromatic rings. The summed E-state index contributed by atoms with van der Waals surface area (Å²) in [5.41, 5.74) is 6.54. The van der Waals surface area contributed by atoms with Gasteiger partial charge in [-0.15, -0.1) is 0 Å². The summed E-state index contributed by atoms with van der Waals surface area (Å²) >= 11 is 0. The van der Waals surface area contributed by atoms with E-state index in [9.17, 15) is 0 Å². The number of hydrogen-bond donors (Lipinski definition) is 0. The molecule has 0 N–H and O–H groups in total. The highest BCUT2D eigenvalue weighted by molar-refractivity contribution is 5.92. The zero-order valence-corrected chi connectivity index (χ0v) is 23.0. The first-order chi connectivity index (χ1) is 19.8. The average Bonchev–Trinajstić information content (AvgIpc) is 3.29. The number of benzene rings is 6. The van der Waals surface area contributed by atoms with Crippen molar-refractivity contribution in [3.63, 3.8) is 0 Å². The molecule has 6 aromatic carbocycles. The second kappa shape index (κ2) is 10.7. The topological polar surface area (TPSA) is 3.24 Å². The molecule has 1 saturated carbocycles. The van der Waals surface area contributed by atoms with Gasteiger partial charge in [0.15, 0.2) is 0 Å². The maximum atomic E-state index is 2.41. The van der Waals surface area contributed by atoms with Gasteiger partial charge in [-0.2, -0.15) is 0 Å². The largest absolute Gasteiger partial charge is 0.310 e. The monoisotopic (exact) mass is 517 g/mol. The molecule has 0 radical (unpaired) electrons. The van der Waals surface area contributed by atoms with Crippen LogP contribution in [0, 0.1) is 0 Å². The maximum absolute atomic E-state index is 2.41. The Morgan fingerprint density at radius 3 is 1.38 bits per heavy atom. The number of hydrogen-bond acceptors (Lipinski definition) is 1. The lowest BCUT2D eigenvalue weighted by atomic mass is 9.69. The molecule has 0 bridgehead atoms. The second-order valence-electron chi connectivity index (χ2n) is 11.3. The molecule has 7 rings (SSSR count). The molecule has 0 heterocycles. The summed E-state index contributed by atoms with van der Waals surface area (Å²) in [4.78, 5) is 2.41. The Hall–Kier alpha value is -4.36. The molecular formula is C39H35N. The summed E-state index contributed by atoms with van der Waals surface area (Å²) < 4.78 is 0. The molecule has 40 heavy (non-hydrogen) atoms. The van der Waals surface area contributed by atoms with E-state index in [1.807, 2.05) is 0 Å². The smallest absolute Gasteiger partial charge is 0.0468 e. The Bertz CT molecular complexity index is 1660. The summed E-state index contributed by atoms with van der Waals surface area (Å²) in [6.07, 6.45) is 7.69. The van der Waals surface area contributed by atoms with Crippen molar-refractivity contribution < 1.29 is 0 Å². The minimum Gasteiger partial charge on any atom is -0.310 e. The predicted molar refractivity (Wildman–Crippen MR) is 171 cm³/mol. The highest BCUT2D eigenvalue weighted by atomic mass is 15.1. The predicted octanol–water partition coefficient (Wildman–Crippen LogP) is 11.1. The van der Waals surface area contributed by atoms with Crippen LogP contribution in [0.3, 0.4) is 0 Å². The Labute approximate surface area is 237 Å². The Balaban J connectivity index is 1.35. The first-order valence-electron chi connectivity index (χ1n) is 14.7. The van der Waals surface area contributed by atoms with Crippen LogP contribution in [0.4, 0.5) is 17.1 Å². The fourth-order valence-electron chi connectivity index (χ4n) is 6.84. The third kappa shape index (κ3) is 4.56. The molecule has 0 unspecified atom stereocenters. The van der Waals surface area contributed by atoms with Gasteiger partial charge in [0, 0.05) is 22.5 Å². The molecule has 196 valence electrons. The summed E-state index contributed by atoms with van der Waals surface area (Å²) in [6, 6.07) is 51.6. The Kier molecular flexibility index (Phi) is 6.57. The van der Waals surface area contributed by atoms with E-state index in [1.165, 1.54) is 88.3 Å². The van der Waals surface area contributed by atoms with E-state index in [1.54, 1.807) is 0 Å². The molecule has 0 amide bonds. The van der Waals surface area contributed by atoms with E-state index in [0.717, 1.165) is 0 Å². The molecule has 1 aliphatic rings. The molecular weight excluding hydrogens is 482 g/mol. The van der Waals surface area contributed by atoms with Crippen LogP contribution in [-0.2, 0) is 5.41 Å². The van der Waals surface area contributed by atoms with Gasteiger partial charge < -0.3 is 4.90 Å². The van der Waals surface area contributed by atoms with Crippen LogP contribution < -0.4 is 4.90 Å². The molecule has 1 aliphatic carbocycles. The van der Waals surface area contributed by atoms with Crippen LogP contribution in [0.1, 0.15) is 49.7 Å². The molecule has 1 nitrogen and oxygen atoms in total. The van der Waals surface area contributed by atoms with Gasteiger partial charge in [0.25, 0.3) is 0 Å². The summed E-state index contributed by atoms with van der Waals surface area (Å²) in [5.74, 6) is 0. The standard InChI is InChI=1S/C39H35N/c1-2-11-27-39(26-10-1,34-16-4-3-5-17-34)35-20-24-36(25-21-35)40(37-22-18-30-12-6-8-14-32(30)28-37)38-23-19-31-13-7-9-15-33(31)29-38/h3-9,12-25,28-29H,1-2,10-11,26-27H2. The van der Waals surface area contributed by atoms with Crippen molar-refractivity contribution in [2.24, 2.45) is 0 Å². The van der Waals surface area contributed by atoms with Gasteiger partial charge in [0.1, 0.15) is 0 Å². The third-order valence-electron chi connectivity index (χ3n) is 8.94. The van der Waals surface area contributed by atoms with Crippen molar-refractivity contribution in [2.45, 2.75) is 43.9 Å². The van der Waals surface area contributed by atoms with Crippen LogP contribution in [-0.4, -0.2) is 0 Å². The van der Waals surface area contributed by atoms with Gasteiger partial charge in [0.2, 0.25) is 0 Å². The minimum absolute atomic E-state index is 0.0903. The fourth-order valence-corrected chi connectivity index (χ4v) is 6.84. The van der Waals surface area contributed by atoms with Crippen molar-refractivity contribution in [3.05, 3.63) is 151 Å². The second-order valence-corrected chi connectivity index (χ2v) is 11.3. The number of anilines is 3. The molecule has 1 fully saturated rings. The third-order valence-corrected chi connectivity index (χ3v) is 8.94. The van der Waals surface area contributed by atoms with Crippen LogP contribution in [0.2, 0.25) is 0 Å². The fraction of sp³-hybridized carbons (Fsp3) is 0.179. The Morgan fingerprint density at radius 2 is 0.825 bits per heavy atom. The van der Waals surface area contributed by atoms with Gasteiger partial charge in [-0.05, 0) is 81.9 Å². The average molecular weight is 518 g/mol. The lowest BCUT2D eigenvalue weighted by molar-refractivity contribution is 0.446. The first-order valence-corrected chi connectivity index (χ1v) is 14.7. The first kappa shape index (κ1) is 24.7. The summed E-state index contributed by atoms with van der Waals surface area (Å²) in [7, 11) is 0. The molecule has 0 atom stereocenters. The molecule has 0 spiro atoms. The molecule has 0 aromatic heterocycles. The van der Waals surface area contributed by atoms with Gasteiger partial charge >= 0.3 is 0 Å². The van der Waals surface area contributed by atoms with Gasteiger partial charge in [-0.3, -0.25) is 0 Å². The lowest BCUT2D eigenvalue weighted by Crippen LogP contribution is -2.27. The van der Waals surface area contributed by atoms with E-state index >= 15 is 0 Å². The number of nitrogens with zero attached hydrogens (tertiary/aromatic N) is 1. The molecule has 0 saturated heterocycles. The van der Waals surface area contributed by atoms with E-state index in [4.69, 9.17) is 0 Å². The zero-order valence-electron chi connectivity index (χ0n) is 23.0. The van der Waals surface area contributed by atoms with Crippen molar-refractivity contribution in [3.8, 4) is 0 Å². The van der Waals surface area contributed by atoms with E-state index in [0.29, 0.717) is 0 Å². The quantitative estimate of drug-likeness (QED) is 0.206. The zero-order chi connectivity index (χ0) is 26.8. The van der Waals surface area contributed by atoms with Crippen LogP contribution in [0.15, 0.2) is 140 Å². The van der Waals surface area contributed by atoms with Gasteiger partial charge in [0.05, 0.1) is 0 Å².